The summed E-state index contributed by atoms with van der Waals surface area (Å²) < 4.78 is 14.3. The number of rotatable bonds is 6. The average Bonchev–Trinajstić information content (AvgIpc) is 2.71. The number of carbonyl (C=O) groups excluding carboxylic acids is 1. The van der Waals surface area contributed by atoms with Crippen molar-refractivity contribution in [3.8, 4) is 11.1 Å². The Morgan fingerprint density at radius 3 is 2.80 bits per heavy atom. The van der Waals surface area contributed by atoms with Crippen LogP contribution in [0.5, 0.6) is 0 Å². The van der Waals surface area contributed by atoms with Crippen LogP contribution in [0.4, 0.5) is 15.8 Å². The van der Waals surface area contributed by atoms with Crippen molar-refractivity contribution in [3.63, 3.8) is 0 Å². The van der Waals surface area contributed by atoms with Gasteiger partial charge in [0.25, 0.3) is 5.56 Å². The first-order chi connectivity index (χ1) is 13.9. The molecule has 1 aromatic carbocycles. The third-order valence-corrected chi connectivity index (χ3v) is 4.25. The smallest absolute Gasteiger partial charge is 0.645 e. The zero-order valence-electron chi connectivity index (χ0n) is 16.9. The van der Waals surface area contributed by atoms with Crippen molar-refractivity contribution in [1.29, 1.82) is 0 Å². The number of aliphatic hydroxyl groups is 1. The molecule has 7 nitrogen and oxygen atoms in total. The largest absolute Gasteiger partial charge is 1.00 e. The van der Waals surface area contributed by atoms with E-state index < -0.39 is 23.3 Å². The van der Waals surface area contributed by atoms with Crippen molar-refractivity contribution in [2.45, 2.75) is 19.9 Å². The number of anilines is 2. The molecule has 0 aliphatic heterocycles. The number of aliphatic hydroxyl groups excluding tert-OH is 1. The molecule has 1 amide bonds. The number of nitrogens with zero attached hydrogens (tertiary/aromatic N) is 2. The maximum atomic E-state index is 14.3. The topological polar surface area (TPSA) is 109 Å². The summed E-state index contributed by atoms with van der Waals surface area (Å²) in [6.07, 6.45) is 4.30. The van der Waals surface area contributed by atoms with Crippen LogP contribution in [0.25, 0.3) is 16.4 Å². The van der Waals surface area contributed by atoms with Crippen molar-refractivity contribution in [2.24, 2.45) is 0 Å². The van der Waals surface area contributed by atoms with Gasteiger partial charge in [0.05, 0.1) is 22.8 Å². The Labute approximate surface area is 231 Å². The molecule has 2 heterocycles. The van der Waals surface area contributed by atoms with Gasteiger partial charge in [-0.2, -0.15) is 0 Å². The molecule has 0 aliphatic carbocycles. The summed E-state index contributed by atoms with van der Waals surface area (Å²) in [6.45, 7) is 3.18. The van der Waals surface area contributed by atoms with Crippen LogP contribution in [0, 0.1) is 12.7 Å². The molecular weight excluding hydrogens is 508 g/mol. The van der Waals surface area contributed by atoms with Crippen molar-refractivity contribution < 1.29 is 83.2 Å². The zero-order chi connectivity index (χ0) is 21.0. The van der Waals surface area contributed by atoms with Gasteiger partial charge in [-0.05, 0) is 31.2 Å². The molecule has 9 heteroatoms. The fourth-order valence-electron chi connectivity index (χ4n) is 2.74. The van der Waals surface area contributed by atoms with Crippen LogP contribution in [0.1, 0.15) is 22.8 Å². The quantitative estimate of drug-likeness (QED) is 0.433. The molecule has 0 unspecified atom stereocenters. The number of hydrogen-bond acceptors (Lipinski definition) is 5. The number of amides is 1. The number of H-pyrrole nitrogens is 1. The van der Waals surface area contributed by atoms with Crippen molar-refractivity contribution >= 4 is 17.3 Å². The number of halogens is 1. The molecule has 0 spiro atoms. The predicted octanol–water partition coefficient (Wildman–Crippen LogP) is 0.527. The van der Waals surface area contributed by atoms with Crippen molar-refractivity contribution in [2.75, 3.05) is 11.9 Å². The van der Waals surface area contributed by atoms with E-state index in [0.29, 0.717) is 11.4 Å². The molecule has 0 bridgehead atoms. The minimum Gasteiger partial charge on any atom is -0.645 e. The van der Waals surface area contributed by atoms with E-state index in [1.165, 1.54) is 30.7 Å². The Morgan fingerprint density at radius 2 is 2.07 bits per heavy atom. The molecule has 0 radical (unpaired) electrons. The Balaban J connectivity index is 0.00000320. The molecule has 30 heavy (non-hydrogen) atoms. The van der Waals surface area contributed by atoms with E-state index in [2.05, 4.69) is 20.6 Å². The van der Waals surface area contributed by atoms with Crippen molar-refractivity contribution in [1.82, 2.24) is 9.97 Å². The summed E-state index contributed by atoms with van der Waals surface area (Å²) in [5.74, 6) is -1.04. The first-order valence-corrected chi connectivity index (χ1v) is 8.95. The summed E-state index contributed by atoms with van der Waals surface area (Å²) in [5.41, 5.74) is 1.82. The van der Waals surface area contributed by atoms with Gasteiger partial charge in [0.15, 0.2) is 0 Å². The Morgan fingerprint density at radius 1 is 1.30 bits per heavy atom. The predicted molar refractivity (Wildman–Crippen MR) is 109 cm³/mol. The number of nitrogens with one attached hydrogen (secondary N) is 2. The van der Waals surface area contributed by atoms with E-state index >= 15 is 0 Å². The molecule has 0 fully saturated rings. The molecule has 0 aliphatic rings. The fourth-order valence-corrected chi connectivity index (χ4v) is 2.74. The summed E-state index contributed by atoms with van der Waals surface area (Å²) in [4.78, 5) is 31.2. The van der Waals surface area contributed by atoms with Crippen LogP contribution in [0.2, 0.25) is 0 Å². The van der Waals surface area contributed by atoms with Crippen LogP contribution in [0.3, 0.4) is 0 Å². The van der Waals surface area contributed by atoms with E-state index in [4.69, 9.17) is 5.11 Å². The van der Waals surface area contributed by atoms with Gasteiger partial charge in [-0.15, -0.1) is 0 Å². The van der Waals surface area contributed by atoms with Crippen LogP contribution in [-0.2, 0) is 0 Å². The number of aryl methyl sites for hydroxylation is 1. The second kappa shape index (κ2) is 11.2. The Bertz CT molecular complexity index is 1100. The van der Waals surface area contributed by atoms with E-state index in [0.717, 1.165) is 5.56 Å². The molecule has 0 saturated heterocycles. The summed E-state index contributed by atoms with van der Waals surface area (Å²) in [6, 6.07) is 7.09. The number of benzene rings is 1. The summed E-state index contributed by atoms with van der Waals surface area (Å²) in [5, 5.41) is 16.0. The van der Waals surface area contributed by atoms with Crippen molar-refractivity contribution in [3.05, 3.63) is 81.5 Å². The van der Waals surface area contributed by atoms with Crippen LogP contribution < -0.4 is 79.8 Å². The molecule has 0 saturated carbocycles. The second-order valence-electron chi connectivity index (χ2n) is 6.63. The number of aromatic nitrogens is 2. The Kier molecular flexibility index (Phi) is 9.29. The van der Waals surface area contributed by atoms with Crippen LogP contribution in [-0.4, -0.2) is 33.6 Å². The minimum absolute atomic E-state index is 0. The van der Waals surface area contributed by atoms with E-state index in [1.54, 1.807) is 25.1 Å². The number of carbonyl (C=O) groups is 1. The zero-order valence-corrected chi connectivity index (χ0v) is 23.2. The normalized spacial score (nSPS) is 11.3. The minimum atomic E-state index is -0.542. The van der Waals surface area contributed by atoms with Gasteiger partial charge in [-0.1, -0.05) is 24.6 Å². The first-order valence-electron chi connectivity index (χ1n) is 8.95. The Hall–Kier alpha value is -1.47. The molecule has 3 rings (SSSR count). The van der Waals surface area contributed by atoms with Gasteiger partial charge in [0.2, 0.25) is 0 Å². The van der Waals surface area contributed by atoms with Gasteiger partial charge < -0.3 is 25.5 Å². The molecule has 3 aromatic rings. The molecular formula is C21H20CsFN4O3. The number of pyridine rings is 2. The van der Waals surface area contributed by atoms with E-state index in [9.17, 15) is 14.0 Å². The molecule has 3 N–H and O–H groups in total. The van der Waals surface area contributed by atoms with Gasteiger partial charge in [-0.25, -0.2) is 4.39 Å². The van der Waals surface area contributed by atoms with E-state index in [1.807, 2.05) is 6.92 Å². The monoisotopic (exact) mass is 528 g/mol. The second-order valence-corrected chi connectivity index (χ2v) is 6.63. The van der Waals surface area contributed by atoms with Gasteiger partial charge >= 0.3 is 68.9 Å². The molecule has 2 aromatic heterocycles. The van der Waals surface area contributed by atoms with Gasteiger partial charge in [0.1, 0.15) is 5.82 Å². The van der Waals surface area contributed by atoms with Crippen LogP contribution in [0.15, 0.2) is 53.7 Å². The maximum absolute atomic E-state index is 14.3. The third-order valence-electron chi connectivity index (χ3n) is 4.25. The van der Waals surface area contributed by atoms with E-state index in [-0.39, 0.29) is 92.2 Å². The summed E-state index contributed by atoms with van der Waals surface area (Å²) in [7, 11) is 0. The fraction of sp³-hybridized carbons (Fsp3) is 0.190. The summed E-state index contributed by atoms with van der Waals surface area (Å²) >= 11 is 0. The standard InChI is InChI=1S/C21H21FN4O3.Cs/c1-12-3-4-18(22)15(7-12)16-8-14(9-24-20(16)28)26-19-5-6-23-10-17(19)21(29)25-13(2)11-27;/h3-10,13,27H,11H2,1-2H3,(H3,23,24,25,26,28,29);/q;+1/p-1/t13-;/m0./s1. The maximum Gasteiger partial charge on any atom is 1.00 e. The SMILES string of the molecule is Cc1ccc(F)c(-c2cc(Nc3ccncc3C(=O)[N-][C@@H](C)CO)c[nH]c2=O)c1.[Cs+]. The number of aromatic amines is 1. The molecule has 1 atom stereocenters. The average molecular weight is 528 g/mol. The van der Waals surface area contributed by atoms with Crippen LogP contribution >= 0.6 is 0 Å². The molecule has 150 valence electrons. The van der Waals surface area contributed by atoms with Gasteiger partial charge in [0, 0.05) is 36.3 Å². The third kappa shape index (κ3) is 6.04. The number of hydrogen-bond donors (Lipinski definition) is 3. The van der Waals surface area contributed by atoms with Gasteiger partial charge in [-0.3, -0.25) is 9.78 Å². The first kappa shape index (κ1) is 24.8.